The van der Waals surface area contributed by atoms with Gasteiger partial charge in [0.25, 0.3) is 0 Å². The number of rotatable bonds is 3. The number of hydrazine groups is 2. The number of benzene rings is 1. The Balaban J connectivity index is 1.63. The van der Waals surface area contributed by atoms with Crippen molar-refractivity contribution in [3.05, 3.63) is 35.4 Å². The number of likely N-dealkylation sites (tertiary alicyclic amines) is 1. The van der Waals surface area contributed by atoms with Crippen LogP contribution in [0.2, 0.25) is 0 Å². The molecule has 1 aromatic carbocycles. The Morgan fingerprint density at radius 3 is 2.50 bits per heavy atom. The second-order valence-corrected chi connectivity index (χ2v) is 4.86. The highest BCUT2D eigenvalue weighted by atomic mass is 15.8. The number of amidine groups is 1. The molecule has 0 aliphatic carbocycles. The largest absolute Gasteiger partial charge is 0.299 e. The molecule has 0 spiro atoms. The summed E-state index contributed by atoms with van der Waals surface area (Å²) in [6, 6.07) is 8.60. The van der Waals surface area contributed by atoms with Crippen molar-refractivity contribution in [1.29, 1.82) is 0 Å². The third kappa shape index (κ3) is 2.63. The maximum Gasteiger partial charge on any atom is 0.170 e. The molecule has 0 saturated carbocycles. The molecule has 1 fully saturated rings. The van der Waals surface area contributed by atoms with E-state index in [-0.39, 0.29) is 0 Å². The zero-order valence-corrected chi connectivity index (χ0v) is 10.4. The number of piperidine rings is 1. The molecule has 2 aliphatic rings. The van der Waals surface area contributed by atoms with Crippen LogP contribution in [-0.4, -0.2) is 23.8 Å². The van der Waals surface area contributed by atoms with Gasteiger partial charge in [-0.25, -0.2) is 5.53 Å². The van der Waals surface area contributed by atoms with E-state index in [2.05, 4.69) is 50.8 Å². The summed E-state index contributed by atoms with van der Waals surface area (Å²) < 4.78 is 0. The van der Waals surface area contributed by atoms with Crippen molar-refractivity contribution in [1.82, 2.24) is 21.4 Å². The van der Waals surface area contributed by atoms with Crippen LogP contribution in [0.3, 0.4) is 0 Å². The fraction of sp³-hybridized carbons (Fsp3) is 0.462. The monoisotopic (exact) mass is 245 g/mol. The van der Waals surface area contributed by atoms with Crippen LogP contribution in [0.15, 0.2) is 29.4 Å². The molecule has 1 saturated heterocycles. The van der Waals surface area contributed by atoms with Crippen molar-refractivity contribution in [3.63, 3.8) is 0 Å². The van der Waals surface area contributed by atoms with Crippen LogP contribution in [0.25, 0.3) is 0 Å². The zero-order valence-electron chi connectivity index (χ0n) is 10.4. The van der Waals surface area contributed by atoms with E-state index in [9.17, 15) is 0 Å². The van der Waals surface area contributed by atoms with Gasteiger partial charge in [0.05, 0.1) is 0 Å². The molecule has 0 bridgehead atoms. The maximum absolute atomic E-state index is 4.09. The van der Waals surface area contributed by atoms with Crippen LogP contribution in [0, 0.1) is 0 Å². The lowest BCUT2D eigenvalue weighted by Gasteiger charge is -2.26. The molecule has 2 aliphatic heterocycles. The first-order valence-electron chi connectivity index (χ1n) is 6.57. The summed E-state index contributed by atoms with van der Waals surface area (Å²) >= 11 is 0. The van der Waals surface area contributed by atoms with E-state index in [1.165, 1.54) is 37.9 Å². The van der Waals surface area contributed by atoms with Crippen LogP contribution >= 0.6 is 0 Å². The highest BCUT2D eigenvalue weighted by molar-refractivity contribution is 5.98. The third-order valence-electron chi connectivity index (χ3n) is 3.49. The molecule has 0 radical (unpaired) electrons. The summed E-state index contributed by atoms with van der Waals surface area (Å²) in [4.78, 5) is 2.53. The number of hydrogen-bond acceptors (Lipinski definition) is 5. The number of nitrogens with zero attached hydrogens (tertiary/aromatic N) is 2. The average molecular weight is 245 g/mol. The molecule has 0 unspecified atom stereocenters. The van der Waals surface area contributed by atoms with Crippen molar-refractivity contribution in [2.24, 2.45) is 5.10 Å². The lowest BCUT2D eigenvalue weighted by atomic mass is 10.1. The zero-order chi connectivity index (χ0) is 12.2. The summed E-state index contributed by atoms with van der Waals surface area (Å²) in [5.41, 5.74) is 10.8. The van der Waals surface area contributed by atoms with Crippen LogP contribution < -0.4 is 16.5 Å². The normalized spacial score (nSPS) is 20.1. The van der Waals surface area contributed by atoms with E-state index >= 15 is 0 Å². The van der Waals surface area contributed by atoms with Gasteiger partial charge in [-0.2, -0.15) is 0 Å². The first-order chi connectivity index (χ1) is 8.92. The first-order valence-corrected chi connectivity index (χ1v) is 6.57. The Labute approximate surface area is 107 Å². The Bertz CT molecular complexity index is 420. The second kappa shape index (κ2) is 5.37. The Hall–Kier alpha value is -1.59. The van der Waals surface area contributed by atoms with E-state index in [4.69, 9.17) is 0 Å². The molecule has 3 N–H and O–H groups in total. The molecule has 0 aromatic heterocycles. The van der Waals surface area contributed by atoms with Gasteiger partial charge >= 0.3 is 0 Å². The minimum atomic E-state index is 0.833. The minimum absolute atomic E-state index is 0.833. The molecule has 18 heavy (non-hydrogen) atoms. The maximum atomic E-state index is 4.09. The first kappa shape index (κ1) is 11.5. The van der Waals surface area contributed by atoms with Gasteiger partial charge in [-0.1, -0.05) is 30.7 Å². The SMILES string of the molecule is c1cc(C2=NNNN2)ccc1CN1CCCCC1. The molecular formula is C13H19N5. The van der Waals surface area contributed by atoms with Gasteiger partial charge in [0.15, 0.2) is 5.84 Å². The highest BCUT2D eigenvalue weighted by Gasteiger charge is 2.11. The third-order valence-corrected chi connectivity index (χ3v) is 3.49. The van der Waals surface area contributed by atoms with E-state index in [1.54, 1.807) is 0 Å². The molecular weight excluding hydrogens is 226 g/mol. The standard InChI is InChI=1S/C13H19N5/c1-2-8-18(9-3-1)10-11-4-6-12(7-5-11)13-14-16-17-15-13/h4-7,16-17H,1-3,8-10H2,(H,14,15). The second-order valence-electron chi connectivity index (χ2n) is 4.86. The summed E-state index contributed by atoms with van der Waals surface area (Å²) in [5.74, 6) is 0.833. The van der Waals surface area contributed by atoms with Gasteiger partial charge in [-0.05, 0) is 31.5 Å². The van der Waals surface area contributed by atoms with Crippen LogP contribution in [0.1, 0.15) is 30.4 Å². The van der Waals surface area contributed by atoms with E-state index in [0.717, 1.165) is 17.9 Å². The molecule has 5 heteroatoms. The summed E-state index contributed by atoms with van der Waals surface area (Å²) in [6.07, 6.45) is 4.08. The molecule has 0 atom stereocenters. The molecule has 5 nitrogen and oxygen atoms in total. The predicted molar refractivity (Wildman–Crippen MR) is 71.5 cm³/mol. The van der Waals surface area contributed by atoms with Crippen molar-refractivity contribution in [2.75, 3.05) is 13.1 Å². The number of hydrogen-bond donors (Lipinski definition) is 3. The van der Waals surface area contributed by atoms with E-state index in [0.29, 0.717) is 0 Å². The lowest BCUT2D eigenvalue weighted by Crippen LogP contribution is -2.35. The average Bonchev–Trinajstić information content (AvgIpc) is 2.95. The fourth-order valence-corrected chi connectivity index (χ4v) is 2.48. The van der Waals surface area contributed by atoms with Gasteiger partial charge in [0, 0.05) is 12.1 Å². The topological polar surface area (TPSA) is 51.7 Å². The van der Waals surface area contributed by atoms with Gasteiger partial charge < -0.3 is 0 Å². The predicted octanol–water partition coefficient (Wildman–Crippen LogP) is 0.946. The van der Waals surface area contributed by atoms with Gasteiger partial charge in [-0.3, -0.25) is 10.3 Å². The number of hydrazone groups is 1. The van der Waals surface area contributed by atoms with Crippen LogP contribution in [0.5, 0.6) is 0 Å². The number of nitrogens with one attached hydrogen (secondary N) is 3. The molecule has 3 rings (SSSR count). The Kier molecular flexibility index (Phi) is 3.43. The van der Waals surface area contributed by atoms with Gasteiger partial charge in [0.2, 0.25) is 0 Å². The minimum Gasteiger partial charge on any atom is -0.299 e. The van der Waals surface area contributed by atoms with Crippen molar-refractivity contribution in [2.45, 2.75) is 25.8 Å². The molecule has 1 aromatic rings. The van der Waals surface area contributed by atoms with Gasteiger partial charge in [0.1, 0.15) is 0 Å². The van der Waals surface area contributed by atoms with Crippen molar-refractivity contribution >= 4 is 5.84 Å². The van der Waals surface area contributed by atoms with E-state index < -0.39 is 0 Å². The Morgan fingerprint density at radius 2 is 1.83 bits per heavy atom. The molecule has 2 heterocycles. The molecule has 96 valence electrons. The molecule has 0 amide bonds. The fourth-order valence-electron chi connectivity index (χ4n) is 2.48. The summed E-state index contributed by atoms with van der Waals surface area (Å²) in [6.45, 7) is 3.55. The van der Waals surface area contributed by atoms with E-state index in [1.807, 2.05) is 0 Å². The lowest BCUT2D eigenvalue weighted by molar-refractivity contribution is 0.221. The van der Waals surface area contributed by atoms with Gasteiger partial charge in [-0.15, -0.1) is 10.6 Å². The van der Waals surface area contributed by atoms with Crippen LogP contribution in [0.4, 0.5) is 0 Å². The van der Waals surface area contributed by atoms with Crippen molar-refractivity contribution < 1.29 is 0 Å². The van der Waals surface area contributed by atoms with Crippen molar-refractivity contribution in [3.8, 4) is 0 Å². The highest BCUT2D eigenvalue weighted by Crippen LogP contribution is 2.13. The Morgan fingerprint density at radius 1 is 1.06 bits per heavy atom. The summed E-state index contributed by atoms with van der Waals surface area (Å²) in [7, 11) is 0. The smallest absolute Gasteiger partial charge is 0.170 e. The quantitative estimate of drug-likeness (QED) is 0.742. The summed E-state index contributed by atoms with van der Waals surface area (Å²) in [5, 5.41) is 4.09. The van der Waals surface area contributed by atoms with Crippen LogP contribution in [-0.2, 0) is 6.54 Å².